The first kappa shape index (κ1) is 19.4. The van der Waals surface area contributed by atoms with Crippen LogP contribution < -0.4 is 15.6 Å². The average Bonchev–Trinajstić information content (AvgIpc) is 2.67. The molecule has 2 aromatic carbocycles. The smallest absolute Gasteiger partial charge is 0.254 e. The maximum Gasteiger partial charge on any atom is 0.254 e. The van der Waals surface area contributed by atoms with Crippen molar-refractivity contribution < 1.29 is 9.53 Å². The minimum atomic E-state index is -0.281. The van der Waals surface area contributed by atoms with Crippen LogP contribution in [-0.4, -0.2) is 22.6 Å². The van der Waals surface area contributed by atoms with E-state index in [2.05, 4.69) is 10.3 Å². The standard InChI is InChI=1S/C22H23N3O3/c1-14-6-5-7-19(16(14)3)24-20(26)13-25-21(27)12-15(2)23-22(25)17-8-10-18(28-4)11-9-17/h5-12H,13H2,1-4H3,(H,24,26). The molecule has 1 aromatic heterocycles. The highest BCUT2D eigenvalue weighted by Crippen LogP contribution is 2.21. The molecule has 3 aromatic rings. The maximum atomic E-state index is 12.6. The van der Waals surface area contributed by atoms with Crippen LogP contribution >= 0.6 is 0 Å². The number of aryl methyl sites for hydroxylation is 2. The molecule has 28 heavy (non-hydrogen) atoms. The van der Waals surface area contributed by atoms with E-state index in [1.165, 1.54) is 10.6 Å². The van der Waals surface area contributed by atoms with Crippen molar-refractivity contribution in [2.75, 3.05) is 12.4 Å². The molecule has 0 atom stereocenters. The summed E-state index contributed by atoms with van der Waals surface area (Å²) in [5.41, 5.74) is 3.90. The largest absolute Gasteiger partial charge is 0.497 e. The van der Waals surface area contributed by atoms with Crippen molar-refractivity contribution >= 4 is 11.6 Å². The summed E-state index contributed by atoms with van der Waals surface area (Å²) in [5.74, 6) is 0.873. The topological polar surface area (TPSA) is 73.2 Å². The van der Waals surface area contributed by atoms with Crippen molar-refractivity contribution in [1.82, 2.24) is 9.55 Å². The summed E-state index contributed by atoms with van der Waals surface area (Å²) < 4.78 is 6.57. The zero-order valence-corrected chi connectivity index (χ0v) is 16.4. The number of benzene rings is 2. The molecule has 3 rings (SSSR count). The van der Waals surface area contributed by atoms with Gasteiger partial charge in [0.1, 0.15) is 18.1 Å². The van der Waals surface area contributed by atoms with Gasteiger partial charge in [0.2, 0.25) is 5.91 Å². The summed E-state index contributed by atoms with van der Waals surface area (Å²) in [6, 6.07) is 14.4. The van der Waals surface area contributed by atoms with Crippen LogP contribution in [0.5, 0.6) is 5.75 Å². The predicted octanol–water partition coefficient (Wildman–Crippen LogP) is 3.48. The van der Waals surface area contributed by atoms with Gasteiger partial charge in [0, 0.05) is 23.0 Å². The number of carbonyl (C=O) groups excluding carboxylic acids is 1. The number of anilines is 1. The molecular formula is C22H23N3O3. The molecule has 0 aliphatic carbocycles. The molecular weight excluding hydrogens is 354 g/mol. The highest BCUT2D eigenvalue weighted by molar-refractivity contribution is 5.91. The number of amides is 1. The molecule has 0 aliphatic rings. The number of ether oxygens (including phenoxy) is 1. The molecule has 0 fully saturated rings. The lowest BCUT2D eigenvalue weighted by atomic mass is 10.1. The van der Waals surface area contributed by atoms with Gasteiger partial charge < -0.3 is 10.1 Å². The van der Waals surface area contributed by atoms with Crippen LogP contribution in [0, 0.1) is 20.8 Å². The molecule has 6 nitrogen and oxygen atoms in total. The van der Waals surface area contributed by atoms with Crippen LogP contribution in [0.4, 0.5) is 5.69 Å². The summed E-state index contributed by atoms with van der Waals surface area (Å²) in [7, 11) is 1.59. The first-order valence-electron chi connectivity index (χ1n) is 8.98. The number of nitrogens with zero attached hydrogens (tertiary/aromatic N) is 2. The zero-order chi connectivity index (χ0) is 20.3. The van der Waals surface area contributed by atoms with Gasteiger partial charge in [-0.1, -0.05) is 12.1 Å². The zero-order valence-electron chi connectivity index (χ0n) is 16.4. The van der Waals surface area contributed by atoms with Crippen LogP contribution in [0.3, 0.4) is 0 Å². The SMILES string of the molecule is COc1ccc(-c2nc(C)cc(=O)n2CC(=O)Nc2cccc(C)c2C)cc1. The Morgan fingerprint density at radius 2 is 1.82 bits per heavy atom. The number of aromatic nitrogens is 2. The van der Waals surface area contributed by atoms with Gasteiger partial charge in [0.05, 0.1) is 7.11 Å². The van der Waals surface area contributed by atoms with Gasteiger partial charge in [-0.25, -0.2) is 4.98 Å². The van der Waals surface area contributed by atoms with E-state index in [0.717, 1.165) is 22.4 Å². The first-order chi connectivity index (χ1) is 13.4. The van der Waals surface area contributed by atoms with Crippen molar-refractivity contribution in [3.8, 4) is 17.1 Å². The lowest BCUT2D eigenvalue weighted by molar-refractivity contribution is -0.116. The summed E-state index contributed by atoms with van der Waals surface area (Å²) >= 11 is 0. The third kappa shape index (κ3) is 4.11. The second-order valence-corrected chi connectivity index (χ2v) is 6.67. The number of nitrogens with one attached hydrogen (secondary N) is 1. The van der Waals surface area contributed by atoms with Crippen LogP contribution in [0.25, 0.3) is 11.4 Å². The Labute approximate surface area is 163 Å². The lowest BCUT2D eigenvalue weighted by Crippen LogP contribution is -2.29. The minimum Gasteiger partial charge on any atom is -0.497 e. The Hall–Kier alpha value is -3.41. The number of carbonyl (C=O) groups is 1. The molecule has 0 bridgehead atoms. The molecule has 6 heteroatoms. The Morgan fingerprint density at radius 1 is 1.11 bits per heavy atom. The van der Waals surface area contributed by atoms with E-state index in [9.17, 15) is 9.59 Å². The molecule has 0 spiro atoms. The fraction of sp³-hybridized carbons (Fsp3) is 0.227. The van der Waals surface area contributed by atoms with E-state index in [1.54, 1.807) is 26.2 Å². The minimum absolute atomic E-state index is 0.124. The molecule has 1 heterocycles. The van der Waals surface area contributed by atoms with Crippen molar-refractivity contribution in [1.29, 1.82) is 0 Å². The Bertz CT molecular complexity index is 1070. The second kappa shape index (κ2) is 8.08. The van der Waals surface area contributed by atoms with E-state index in [4.69, 9.17) is 4.74 Å². The Balaban J connectivity index is 1.93. The molecule has 1 N–H and O–H groups in total. The molecule has 1 amide bonds. The van der Waals surface area contributed by atoms with Gasteiger partial charge in [-0.15, -0.1) is 0 Å². The van der Waals surface area contributed by atoms with Crippen molar-refractivity contribution in [2.45, 2.75) is 27.3 Å². The lowest BCUT2D eigenvalue weighted by Gasteiger charge is -2.14. The molecule has 144 valence electrons. The predicted molar refractivity (Wildman–Crippen MR) is 110 cm³/mol. The molecule has 0 aliphatic heterocycles. The van der Waals surface area contributed by atoms with Gasteiger partial charge in [-0.2, -0.15) is 0 Å². The monoisotopic (exact) mass is 377 g/mol. The van der Waals surface area contributed by atoms with Crippen LogP contribution in [0.15, 0.2) is 53.3 Å². The summed E-state index contributed by atoms with van der Waals surface area (Å²) in [6.07, 6.45) is 0. The summed E-state index contributed by atoms with van der Waals surface area (Å²) in [4.78, 5) is 29.7. The van der Waals surface area contributed by atoms with Crippen molar-refractivity contribution in [3.05, 3.63) is 75.7 Å². The highest BCUT2D eigenvalue weighted by Gasteiger charge is 2.14. The normalized spacial score (nSPS) is 10.6. The van der Waals surface area contributed by atoms with E-state index < -0.39 is 0 Å². The van der Waals surface area contributed by atoms with E-state index in [1.807, 2.05) is 44.2 Å². The first-order valence-corrected chi connectivity index (χ1v) is 8.98. The summed E-state index contributed by atoms with van der Waals surface area (Å²) in [5, 5.41) is 2.89. The number of hydrogen-bond donors (Lipinski definition) is 1. The van der Waals surface area contributed by atoms with E-state index >= 15 is 0 Å². The second-order valence-electron chi connectivity index (χ2n) is 6.67. The van der Waals surface area contributed by atoms with Gasteiger partial charge in [0.25, 0.3) is 5.56 Å². The van der Waals surface area contributed by atoms with Crippen LogP contribution in [0.1, 0.15) is 16.8 Å². The van der Waals surface area contributed by atoms with Crippen molar-refractivity contribution in [2.24, 2.45) is 0 Å². The third-order valence-corrected chi connectivity index (χ3v) is 4.66. The van der Waals surface area contributed by atoms with Crippen molar-refractivity contribution in [3.63, 3.8) is 0 Å². The molecule has 0 saturated carbocycles. The van der Waals surface area contributed by atoms with Gasteiger partial charge in [-0.05, 0) is 62.2 Å². The fourth-order valence-corrected chi connectivity index (χ4v) is 2.95. The molecule has 0 saturated heterocycles. The van der Waals surface area contributed by atoms with Gasteiger partial charge >= 0.3 is 0 Å². The number of hydrogen-bond acceptors (Lipinski definition) is 4. The van der Waals surface area contributed by atoms with E-state index in [-0.39, 0.29) is 18.0 Å². The molecule has 0 radical (unpaired) electrons. The van der Waals surface area contributed by atoms with Gasteiger partial charge in [0.15, 0.2) is 0 Å². The van der Waals surface area contributed by atoms with E-state index in [0.29, 0.717) is 17.3 Å². The fourth-order valence-electron chi connectivity index (χ4n) is 2.95. The Morgan fingerprint density at radius 3 is 2.50 bits per heavy atom. The average molecular weight is 377 g/mol. The third-order valence-electron chi connectivity index (χ3n) is 4.66. The molecule has 0 unspecified atom stereocenters. The van der Waals surface area contributed by atoms with Crippen LogP contribution in [-0.2, 0) is 11.3 Å². The maximum absolute atomic E-state index is 12.6. The van der Waals surface area contributed by atoms with Gasteiger partial charge in [-0.3, -0.25) is 14.2 Å². The number of rotatable bonds is 5. The van der Waals surface area contributed by atoms with Crippen LogP contribution in [0.2, 0.25) is 0 Å². The quantitative estimate of drug-likeness (QED) is 0.739. The number of methoxy groups -OCH3 is 1. The highest BCUT2D eigenvalue weighted by atomic mass is 16.5. The Kier molecular flexibility index (Phi) is 5.59. The summed E-state index contributed by atoms with van der Waals surface area (Å²) in [6.45, 7) is 5.57.